The van der Waals surface area contributed by atoms with E-state index in [2.05, 4.69) is 18.7 Å². The maximum atomic E-state index is 12.6. The van der Waals surface area contributed by atoms with Crippen molar-refractivity contribution in [3.05, 3.63) is 0 Å². The van der Waals surface area contributed by atoms with E-state index in [9.17, 15) is 9.59 Å². The van der Waals surface area contributed by atoms with Gasteiger partial charge < -0.3 is 9.80 Å². The summed E-state index contributed by atoms with van der Waals surface area (Å²) in [6, 6.07) is 0.400. The molecular formula is C15H26N2O2. The molecule has 0 saturated carbocycles. The van der Waals surface area contributed by atoms with Crippen LogP contribution < -0.4 is 0 Å². The number of likely N-dealkylation sites (tertiary alicyclic amines) is 2. The van der Waals surface area contributed by atoms with Crippen LogP contribution in [-0.2, 0) is 9.59 Å². The number of amides is 2. The maximum absolute atomic E-state index is 12.6. The molecule has 0 aromatic carbocycles. The minimum absolute atomic E-state index is 0.0915. The second kappa shape index (κ2) is 6.40. The van der Waals surface area contributed by atoms with Crippen molar-refractivity contribution >= 4 is 11.8 Å². The summed E-state index contributed by atoms with van der Waals surface area (Å²) < 4.78 is 0. The van der Waals surface area contributed by atoms with Crippen molar-refractivity contribution in [1.29, 1.82) is 0 Å². The van der Waals surface area contributed by atoms with Crippen LogP contribution in [0.3, 0.4) is 0 Å². The standard InChI is InChI=1S/C15H26N2O2/c1-3-8-16-11-12(10-14(16)18)15(19)17-9-6-5-7-13(17)4-2/h12-13H,3-11H2,1-2H3/t12-,13-/m1/s1. The van der Waals surface area contributed by atoms with E-state index in [0.717, 1.165) is 38.8 Å². The topological polar surface area (TPSA) is 40.6 Å². The van der Waals surface area contributed by atoms with Crippen LogP contribution in [0.15, 0.2) is 0 Å². The molecule has 2 heterocycles. The lowest BCUT2D eigenvalue weighted by Crippen LogP contribution is -2.46. The summed E-state index contributed by atoms with van der Waals surface area (Å²) in [7, 11) is 0. The molecule has 4 nitrogen and oxygen atoms in total. The lowest BCUT2D eigenvalue weighted by Gasteiger charge is -2.36. The Labute approximate surface area is 116 Å². The van der Waals surface area contributed by atoms with E-state index >= 15 is 0 Å². The zero-order chi connectivity index (χ0) is 13.8. The van der Waals surface area contributed by atoms with Crippen LogP contribution in [0, 0.1) is 5.92 Å². The van der Waals surface area contributed by atoms with Crippen LogP contribution >= 0.6 is 0 Å². The van der Waals surface area contributed by atoms with E-state index in [1.54, 1.807) is 0 Å². The SMILES string of the molecule is CCCN1C[C@H](C(=O)N2CCCC[C@H]2CC)CC1=O. The first-order valence-corrected chi connectivity index (χ1v) is 7.75. The first-order chi connectivity index (χ1) is 9.17. The highest BCUT2D eigenvalue weighted by atomic mass is 16.2. The minimum Gasteiger partial charge on any atom is -0.342 e. The monoisotopic (exact) mass is 266 g/mol. The molecule has 2 atom stereocenters. The third kappa shape index (κ3) is 3.10. The number of nitrogens with zero attached hydrogens (tertiary/aromatic N) is 2. The Balaban J connectivity index is 1.98. The van der Waals surface area contributed by atoms with Gasteiger partial charge in [-0.05, 0) is 32.1 Å². The highest BCUT2D eigenvalue weighted by molar-refractivity contribution is 5.89. The second-order valence-corrected chi connectivity index (χ2v) is 5.83. The molecule has 2 saturated heterocycles. The number of carbonyl (C=O) groups excluding carboxylic acids is 2. The molecule has 0 aromatic rings. The number of hydrogen-bond acceptors (Lipinski definition) is 2. The Morgan fingerprint density at radius 2 is 2.11 bits per heavy atom. The van der Waals surface area contributed by atoms with E-state index in [0.29, 0.717) is 19.0 Å². The molecule has 4 heteroatoms. The fourth-order valence-electron chi connectivity index (χ4n) is 3.37. The molecule has 0 N–H and O–H groups in total. The fourth-order valence-corrected chi connectivity index (χ4v) is 3.37. The van der Waals surface area contributed by atoms with Crippen LogP contribution in [-0.4, -0.2) is 47.3 Å². The molecule has 0 aromatic heterocycles. The highest BCUT2D eigenvalue weighted by Gasteiger charge is 2.38. The van der Waals surface area contributed by atoms with Crippen LogP contribution in [0.4, 0.5) is 0 Å². The maximum Gasteiger partial charge on any atom is 0.228 e. The van der Waals surface area contributed by atoms with Gasteiger partial charge in [-0.3, -0.25) is 9.59 Å². The predicted molar refractivity (Wildman–Crippen MR) is 74.6 cm³/mol. The summed E-state index contributed by atoms with van der Waals surface area (Å²) in [5, 5.41) is 0. The third-order valence-corrected chi connectivity index (χ3v) is 4.44. The summed E-state index contributed by atoms with van der Waals surface area (Å²) in [6.07, 6.45) is 5.89. The zero-order valence-corrected chi connectivity index (χ0v) is 12.2. The quantitative estimate of drug-likeness (QED) is 0.781. The number of piperidine rings is 1. The Kier molecular flexibility index (Phi) is 4.83. The number of carbonyl (C=O) groups is 2. The van der Waals surface area contributed by atoms with Crippen LogP contribution in [0.1, 0.15) is 52.4 Å². The molecule has 0 spiro atoms. The number of rotatable bonds is 4. The van der Waals surface area contributed by atoms with Crippen molar-refractivity contribution in [3.63, 3.8) is 0 Å². The molecule has 0 unspecified atom stereocenters. The summed E-state index contributed by atoms with van der Waals surface area (Å²) in [5.74, 6) is 0.287. The lowest BCUT2D eigenvalue weighted by molar-refractivity contribution is -0.139. The Morgan fingerprint density at radius 1 is 1.32 bits per heavy atom. The van der Waals surface area contributed by atoms with Gasteiger partial charge >= 0.3 is 0 Å². The molecule has 2 aliphatic heterocycles. The van der Waals surface area contributed by atoms with Crippen molar-refractivity contribution in [3.8, 4) is 0 Å². The third-order valence-electron chi connectivity index (χ3n) is 4.44. The van der Waals surface area contributed by atoms with Crippen molar-refractivity contribution in [2.75, 3.05) is 19.6 Å². The molecule has 0 aliphatic carbocycles. The first-order valence-electron chi connectivity index (χ1n) is 7.75. The lowest BCUT2D eigenvalue weighted by atomic mass is 9.97. The average Bonchev–Trinajstić information content (AvgIpc) is 2.80. The summed E-state index contributed by atoms with van der Waals surface area (Å²) >= 11 is 0. The molecule has 0 bridgehead atoms. The zero-order valence-electron chi connectivity index (χ0n) is 12.2. The Bertz CT molecular complexity index is 343. The Hall–Kier alpha value is -1.06. The van der Waals surface area contributed by atoms with Gasteiger partial charge in [0.1, 0.15) is 0 Å². The summed E-state index contributed by atoms with van der Waals surface area (Å²) in [5.41, 5.74) is 0. The second-order valence-electron chi connectivity index (χ2n) is 5.83. The van der Waals surface area contributed by atoms with Gasteiger partial charge in [0, 0.05) is 32.1 Å². The van der Waals surface area contributed by atoms with Gasteiger partial charge in [-0.2, -0.15) is 0 Å². The van der Waals surface area contributed by atoms with E-state index in [1.165, 1.54) is 6.42 Å². The van der Waals surface area contributed by atoms with Crippen molar-refractivity contribution in [1.82, 2.24) is 9.80 Å². The van der Waals surface area contributed by atoms with E-state index < -0.39 is 0 Å². The first kappa shape index (κ1) is 14.4. The van der Waals surface area contributed by atoms with Crippen LogP contribution in [0.5, 0.6) is 0 Å². The normalized spacial score (nSPS) is 28.0. The van der Waals surface area contributed by atoms with Crippen LogP contribution in [0.25, 0.3) is 0 Å². The summed E-state index contributed by atoms with van der Waals surface area (Å²) in [6.45, 7) is 6.54. The van der Waals surface area contributed by atoms with Crippen LogP contribution in [0.2, 0.25) is 0 Å². The van der Waals surface area contributed by atoms with Gasteiger partial charge in [0.25, 0.3) is 0 Å². The average molecular weight is 266 g/mol. The van der Waals surface area contributed by atoms with E-state index in [4.69, 9.17) is 0 Å². The van der Waals surface area contributed by atoms with Gasteiger partial charge in [0.2, 0.25) is 11.8 Å². The minimum atomic E-state index is -0.0915. The van der Waals surface area contributed by atoms with E-state index in [1.807, 2.05) is 4.90 Å². The van der Waals surface area contributed by atoms with Crippen molar-refractivity contribution < 1.29 is 9.59 Å². The van der Waals surface area contributed by atoms with Gasteiger partial charge in [-0.1, -0.05) is 13.8 Å². The molecule has 2 fully saturated rings. The highest BCUT2D eigenvalue weighted by Crippen LogP contribution is 2.26. The Morgan fingerprint density at radius 3 is 2.79 bits per heavy atom. The largest absolute Gasteiger partial charge is 0.342 e. The van der Waals surface area contributed by atoms with Gasteiger partial charge in [-0.15, -0.1) is 0 Å². The van der Waals surface area contributed by atoms with E-state index in [-0.39, 0.29) is 17.7 Å². The molecule has 2 amide bonds. The smallest absolute Gasteiger partial charge is 0.228 e. The molecule has 19 heavy (non-hydrogen) atoms. The molecular weight excluding hydrogens is 240 g/mol. The van der Waals surface area contributed by atoms with Gasteiger partial charge in [0.05, 0.1) is 5.92 Å². The van der Waals surface area contributed by atoms with Crippen molar-refractivity contribution in [2.45, 2.75) is 58.4 Å². The summed E-state index contributed by atoms with van der Waals surface area (Å²) in [4.78, 5) is 28.4. The predicted octanol–water partition coefficient (Wildman–Crippen LogP) is 2.04. The van der Waals surface area contributed by atoms with Gasteiger partial charge in [0.15, 0.2) is 0 Å². The molecule has 0 radical (unpaired) electrons. The molecule has 2 rings (SSSR count). The molecule has 2 aliphatic rings. The molecule has 108 valence electrons. The van der Waals surface area contributed by atoms with Gasteiger partial charge in [-0.25, -0.2) is 0 Å². The fraction of sp³-hybridized carbons (Fsp3) is 0.867. The number of hydrogen-bond donors (Lipinski definition) is 0. The van der Waals surface area contributed by atoms with Crippen molar-refractivity contribution in [2.24, 2.45) is 5.92 Å².